The standard InChI is InChI=1S/C18H25F2N5/c1-13(2)18-22-21-16(23(18)3)12-24-8-5-9-25(11-10-24)15-7-4-6-14(19)17(15)20/h4,6-7,13H,5,8-12H2,1-3H3. The minimum Gasteiger partial charge on any atom is -0.368 e. The number of anilines is 1. The summed E-state index contributed by atoms with van der Waals surface area (Å²) in [4.78, 5) is 4.22. The number of aromatic nitrogens is 3. The Balaban J connectivity index is 1.67. The number of rotatable bonds is 4. The van der Waals surface area contributed by atoms with Gasteiger partial charge in [-0.05, 0) is 18.6 Å². The minimum absolute atomic E-state index is 0.335. The zero-order valence-corrected chi connectivity index (χ0v) is 15.0. The highest BCUT2D eigenvalue weighted by Gasteiger charge is 2.21. The van der Waals surface area contributed by atoms with E-state index in [1.807, 2.05) is 11.9 Å². The van der Waals surface area contributed by atoms with Crippen molar-refractivity contribution in [2.75, 3.05) is 31.1 Å². The molecular weight excluding hydrogens is 324 g/mol. The molecule has 7 heteroatoms. The Morgan fingerprint density at radius 3 is 2.60 bits per heavy atom. The van der Waals surface area contributed by atoms with Crippen molar-refractivity contribution in [3.8, 4) is 0 Å². The van der Waals surface area contributed by atoms with E-state index in [4.69, 9.17) is 0 Å². The maximum Gasteiger partial charge on any atom is 0.182 e. The predicted molar refractivity (Wildman–Crippen MR) is 93.6 cm³/mol. The summed E-state index contributed by atoms with van der Waals surface area (Å²) >= 11 is 0. The summed E-state index contributed by atoms with van der Waals surface area (Å²) in [5.41, 5.74) is 0.350. The van der Waals surface area contributed by atoms with Crippen LogP contribution in [0.1, 0.15) is 37.8 Å². The SMILES string of the molecule is CC(C)c1nnc(CN2CCCN(c3cccc(F)c3F)CC2)n1C. The van der Waals surface area contributed by atoms with Gasteiger partial charge in [-0.25, -0.2) is 8.78 Å². The lowest BCUT2D eigenvalue weighted by atomic mass is 10.2. The molecule has 25 heavy (non-hydrogen) atoms. The fourth-order valence-corrected chi connectivity index (χ4v) is 3.32. The zero-order chi connectivity index (χ0) is 18.0. The lowest BCUT2D eigenvalue weighted by molar-refractivity contribution is 0.274. The van der Waals surface area contributed by atoms with Gasteiger partial charge >= 0.3 is 0 Å². The molecule has 0 atom stereocenters. The summed E-state index contributed by atoms with van der Waals surface area (Å²) in [7, 11) is 2.00. The van der Waals surface area contributed by atoms with Gasteiger partial charge in [-0.1, -0.05) is 19.9 Å². The van der Waals surface area contributed by atoms with E-state index in [1.54, 1.807) is 12.1 Å². The van der Waals surface area contributed by atoms with Crippen LogP contribution >= 0.6 is 0 Å². The summed E-state index contributed by atoms with van der Waals surface area (Å²) < 4.78 is 29.6. The third-order valence-electron chi connectivity index (χ3n) is 4.74. The number of hydrogen-bond donors (Lipinski definition) is 0. The number of hydrogen-bond acceptors (Lipinski definition) is 4. The molecule has 1 aliphatic rings. The van der Waals surface area contributed by atoms with Crippen molar-refractivity contribution in [3.63, 3.8) is 0 Å². The molecule has 0 bridgehead atoms. The van der Waals surface area contributed by atoms with Crippen molar-refractivity contribution < 1.29 is 8.78 Å². The molecule has 1 fully saturated rings. The molecular formula is C18H25F2N5. The zero-order valence-electron chi connectivity index (χ0n) is 15.0. The molecule has 0 radical (unpaired) electrons. The van der Waals surface area contributed by atoms with E-state index in [0.29, 0.717) is 24.7 Å². The van der Waals surface area contributed by atoms with Gasteiger partial charge in [-0.15, -0.1) is 10.2 Å². The van der Waals surface area contributed by atoms with E-state index in [9.17, 15) is 8.78 Å². The van der Waals surface area contributed by atoms with Crippen LogP contribution in [0.15, 0.2) is 18.2 Å². The lowest BCUT2D eigenvalue weighted by Gasteiger charge is -2.24. The van der Waals surface area contributed by atoms with Crippen molar-refractivity contribution in [1.82, 2.24) is 19.7 Å². The van der Waals surface area contributed by atoms with Crippen LogP contribution < -0.4 is 4.90 Å². The summed E-state index contributed by atoms with van der Waals surface area (Å²) in [5, 5.41) is 8.59. The van der Waals surface area contributed by atoms with Crippen molar-refractivity contribution in [2.45, 2.75) is 32.7 Å². The quantitative estimate of drug-likeness (QED) is 0.851. The molecule has 0 N–H and O–H groups in total. The van der Waals surface area contributed by atoms with Crippen LogP contribution in [0.2, 0.25) is 0 Å². The van der Waals surface area contributed by atoms with E-state index < -0.39 is 11.6 Å². The number of benzene rings is 1. The van der Waals surface area contributed by atoms with Gasteiger partial charge in [0, 0.05) is 39.1 Å². The second-order valence-corrected chi connectivity index (χ2v) is 6.88. The van der Waals surface area contributed by atoms with Crippen LogP contribution in [0.4, 0.5) is 14.5 Å². The molecule has 2 heterocycles. The molecule has 3 rings (SSSR count). The lowest BCUT2D eigenvalue weighted by Crippen LogP contribution is -2.31. The van der Waals surface area contributed by atoms with Crippen molar-refractivity contribution in [3.05, 3.63) is 41.5 Å². The highest BCUT2D eigenvalue weighted by Crippen LogP contribution is 2.23. The molecule has 1 aromatic heterocycles. The Hall–Kier alpha value is -2.02. The van der Waals surface area contributed by atoms with Crippen LogP contribution in [-0.4, -0.2) is 45.8 Å². The molecule has 0 amide bonds. The summed E-state index contributed by atoms with van der Waals surface area (Å²) in [6.07, 6.45) is 0.894. The average Bonchev–Trinajstić information content (AvgIpc) is 2.79. The fourth-order valence-electron chi connectivity index (χ4n) is 3.32. The van der Waals surface area contributed by atoms with Crippen LogP contribution in [0.3, 0.4) is 0 Å². The van der Waals surface area contributed by atoms with Gasteiger partial charge < -0.3 is 9.47 Å². The van der Waals surface area contributed by atoms with Gasteiger partial charge in [-0.2, -0.15) is 0 Å². The normalized spacial score (nSPS) is 16.5. The van der Waals surface area contributed by atoms with E-state index in [2.05, 4.69) is 33.5 Å². The monoisotopic (exact) mass is 349 g/mol. The van der Waals surface area contributed by atoms with Gasteiger partial charge in [0.25, 0.3) is 0 Å². The van der Waals surface area contributed by atoms with Gasteiger partial charge in [0.1, 0.15) is 11.6 Å². The van der Waals surface area contributed by atoms with Crippen LogP contribution in [0.5, 0.6) is 0 Å². The highest BCUT2D eigenvalue weighted by atomic mass is 19.2. The van der Waals surface area contributed by atoms with Gasteiger partial charge in [0.05, 0.1) is 12.2 Å². The Labute approximate surface area is 147 Å². The van der Waals surface area contributed by atoms with Crippen molar-refractivity contribution in [2.24, 2.45) is 7.05 Å². The van der Waals surface area contributed by atoms with Crippen molar-refractivity contribution in [1.29, 1.82) is 0 Å². The van der Waals surface area contributed by atoms with Gasteiger partial charge in [-0.3, -0.25) is 4.90 Å². The first kappa shape index (κ1) is 17.8. The molecule has 0 unspecified atom stereocenters. The predicted octanol–water partition coefficient (Wildman–Crippen LogP) is 2.93. The Bertz CT molecular complexity index is 728. The highest BCUT2D eigenvalue weighted by molar-refractivity contribution is 5.48. The molecule has 0 spiro atoms. The Morgan fingerprint density at radius 1 is 1.08 bits per heavy atom. The fraction of sp³-hybridized carbons (Fsp3) is 0.556. The van der Waals surface area contributed by atoms with Crippen LogP contribution in [0.25, 0.3) is 0 Å². The van der Waals surface area contributed by atoms with Gasteiger partial charge in [0.15, 0.2) is 11.6 Å². The number of halogens is 2. The molecule has 0 aliphatic carbocycles. The average molecular weight is 349 g/mol. The molecule has 0 saturated carbocycles. The molecule has 5 nitrogen and oxygen atoms in total. The van der Waals surface area contributed by atoms with Crippen molar-refractivity contribution >= 4 is 5.69 Å². The van der Waals surface area contributed by atoms with Gasteiger partial charge in [0.2, 0.25) is 0 Å². The van der Waals surface area contributed by atoms with E-state index in [-0.39, 0.29) is 0 Å². The Morgan fingerprint density at radius 2 is 1.88 bits per heavy atom. The maximum absolute atomic E-state index is 14.0. The second kappa shape index (κ2) is 7.47. The third-order valence-corrected chi connectivity index (χ3v) is 4.74. The topological polar surface area (TPSA) is 37.2 Å². The molecule has 2 aromatic rings. The van der Waals surface area contributed by atoms with E-state index >= 15 is 0 Å². The molecule has 136 valence electrons. The van der Waals surface area contributed by atoms with E-state index in [0.717, 1.165) is 43.8 Å². The molecule has 1 aromatic carbocycles. The minimum atomic E-state index is -0.793. The summed E-state index contributed by atoms with van der Waals surface area (Å²) in [6.45, 7) is 7.98. The first-order chi connectivity index (χ1) is 12.0. The second-order valence-electron chi connectivity index (χ2n) is 6.88. The van der Waals surface area contributed by atoms with E-state index in [1.165, 1.54) is 0 Å². The number of nitrogens with zero attached hydrogens (tertiary/aromatic N) is 5. The third kappa shape index (κ3) is 3.81. The summed E-state index contributed by atoms with van der Waals surface area (Å²) in [6, 6.07) is 4.36. The smallest absolute Gasteiger partial charge is 0.182 e. The molecule has 1 saturated heterocycles. The summed E-state index contributed by atoms with van der Waals surface area (Å²) in [5.74, 6) is 0.703. The largest absolute Gasteiger partial charge is 0.368 e. The maximum atomic E-state index is 14.0. The Kier molecular flexibility index (Phi) is 5.32. The first-order valence-electron chi connectivity index (χ1n) is 8.77. The van der Waals surface area contributed by atoms with Crippen LogP contribution in [0, 0.1) is 11.6 Å². The first-order valence-corrected chi connectivity index (χ1v) is 8.77. The molecule has 1 aliphatic heterocycles. The van der Waals surface area contributed by atoms with Crippen LogP contribution in [-0.2, 0) is 13.6 Å².